The Bertz CT molecular complexity index is 1280. The Morgan fingerprint density at radius 1 is 1.23 bits per heavy atom. The Morgan fingerprint density at radius 2 is 1.90 bits per heavy atom. The molecule has 3 aromatic rings. The molecule has 0 atom stereocenters. The average molecular weight is 484 g/mol. The maximum atomic E-state index is 13.2. The van der Waals surface area contributed by atoms with Gasteiger partial charge in [0.25, 0.3) is 21.0 Å². The predicted octanol–water partition coefficient (Wildman–Crippen LogP) is 3.35. The lowest BCUT2D eigenvalue weighted by molar-refractivity contribution is -0.142. The Labute approximate surface area is 176 Å². The minimum atomic E-state index is -4.84. The highest BCUT2D eigenvalue weighted by atomic mass is 35.5. The van der Waals surface area contributed by atoms with Crippen LogP contribution in [-0.2, 0) is 20.9 Å². The van der Waals surface area contributed by atoms with Crippen molar-refractivity contribution in [2.24, 2.45) is 0 Å². The van der Waals surface area contributed by atoms with Crippen LogP contribution in [0.3, 0.4) is 0 Å². The van der Waals surface area contributed by atoms with Crippen LogP contribution in [0.25, 0.3) is 5.78 Å². The largest absolute Gasteiger partial charge is 0.465 e. The molecule has 0 saturated heterocycles. The molecular weight excluding hydrogens is 474 g/mol. The summed E-state index contributed by atoms with van der Waals surface area (Å²) in [5.41, 5.74) is -1.90. The SMILES string of the molecule is COC(=O)c1ccc(Cl)c(NS(=O)(=O)c2nc3nc(C)cc(C(F)(F)F)n3n2)c1Cl. The van der Waals surface area contributed by atoms with Crippen LogP contribution >= 0.6 is 23.2 Å². The molecule has 0 fully saturated rings. The zero-order chi connectivity index (χ0) is 22.4. The van der Waals surface area contributed by atoms with Gasteiger partial charge in [0.15, 0.2) is 5.69 Å². The topological polar surface area (TPSA) is 116 Å². The fourth-order valence-corrected chi connectivity index (χ4v) is 4.00. The summed E-state index contributed by atoms with van der Waals surface area (Å²) in [6.45, 7) is 1.29. The lowest BCUT2D eigenvalue weighted by Gasteiger charge is -2.11. The van der Waals surface area contributed by atoms with E-state index in [1.165, 1.54) is 19.1 Å². The van der Waals surface area contributed by atoms with Crippen molar-refractivity contribution in [1.29, 1.82) is 0 Å². The Balaban J connectivity index is 2.12. The lowest BCUT2D eigenvalue weighted by atomic mass is 10.2. The second-order valence-electron chi connectivity index (χ2n) is 5.77. The average Bonchev–Trinajstić information content (AvgIpc) is 3.08. The first kappa shape index (κ1) is 22.1. The number of rotatable bonds is 4. The van der Waals surface area contributed by atoms with Crippen molar-refractivity contribution in [3.8, 4) is 0 Å². The second kappa shape index (κ2) is 7.56. The highest BCUT2D eigenvalue weighted by molar-refractivity contribution is 7.92. The van der Waals surface area contributed by atoms with E-state index in [1.54, 1.807) is 0 Å². The molecule has 0 spiro atoms. The van der Waals surface area contributed by atoms with Gasteiger partial charge in [0.1, 0.15) is 0 Å². The van der Waals surface area contributed by atoms with Crippen LogP contribution in [0.5, 0.6) is 0 Å². The minimum Gasteiger partial charge on any atom is -0.465 e. The quantitative estimate of drug-likeness (QED) is 0.565. The van der Waals surface area contributed by atoms with E-state index >= 15 is 0 Å². The number of aromatic nitrogens is 4. The number of carbonyl (C=O) groups excluding carboxylic acids is 1. The molecule has 2 aromatic heterocycles. The van der Waals surface area contributed by atoms with Gasteiger partial charge in [-0.3, -0.25) is 4.72 Å². The molecular formula is C15H10Cl2F3N5O4S. The number of aryl methyl sites for hydroxylation is 1. The summed E-state index contributed by atoms with van der Waals surface area (Å²) in [4.78, 5) is 19.1. The summed E-state index contributed by atoms with van der Waals surface area (Å²) < 4.78 is 71.9. The fraction of sp³-hybridized carbons (Fsp3) is 0.200. The third kappa shape index (κ3) is 4.00. The molecule has 9 nitrogen and oxygen atoms in total. The molecule has 0 radical (unpaired) electrons. The van der Waals surface area contributed by atoms with Gasteiger partial charge in [0.05, 0.1) is 28.4 Å². The smallest absolute Gasteiger partial charge is 0.433 e. The third-order valence-corrected chi connectivity index (χ3v) is 5.52. The number of fused-ring (bicyclic) bond motifs is 1. The van der Waals surface area contributed by atoms with Gasteiger partial charge < -0.3 is 4.74 Å². The number of carbonyl (C=O) groups is 1. The number of benzene rings is 1. The molecule has 0 saturated carbocycles. The van der Waals surface area contributed by atoms with Crippen LogP contribution in [0.2, 0.25) is 10.0 Å². The van der Waals surface area contributed by atoms with E-state index < -0.39 is 44.5 Å². The molecule has 0 amide bonds. The zero-order valence-electron chi connectivity index (χ0n) is 15.0. The molecule has 2 heterocycles. The monoisotopic (exact) mass is 483 g/mol. The number of halogens is 5. The summed E-state index contributed by atoms with van der Waals surface area (Å²) in [6, 6.07) is 3.08. The predicted molar refractivity (Wildman–Crippen MR) is 99.1 cm³/mol. The van der Waals surface area contributed by atoms with Gasteiger partial charge in [-0.15, -0.1) is 5.10 Å². The number of nitrogens with zero attached hydrogens (tertiary/aromatic N) is 4. The van der Waals surface area contributed by atoms with Crippen LogP contribution in [0.1, 0.15) is 21.7 Å². The maximum Gasteiger partial charge on any atom is 0.433 e. The minimum absolute atomic E-state index is 0.0454. The fourth-order valence-electron chi connectivity index (χ4n) is 2.38. The van der Waals surface area contributed by atoms with Crippen molar-refractivity contribution in [2.75, 3.05) is 11.8 Å². The van der Waals surface area contributed by atoms with Crippen LogP contribution in [-0.4, -0.2) is 41.1 Å². The molecule has 15 heteroatoms. The standard InChI is InChI=1S/C15H10Cl2F3N5O4S/c1-6-5-9(15(18,19)20)25-13(21-6)22-14(23-25)30(27,28)24-11-8(16)4-3-7(10(11)17)12(26)29-2/h3-5,24H,1-2H3. The lowest BCUT2D eigenvalue weighted by Crippen LogP contribution is -2.17. The van der Waals surface area contributed by atoms with Crippen LogP contribution in [0.15, 0.2) is 23.4 Å². The van der Waals surface area contributed by atoms with Gasteiger partial charge in [-0.2, -0.15) is 31.1 Å². The Kier molecular flexibility index (Phi) is 5.56. The first-order valence-electron chi connectivity index (χ1n) is 7.76. The van der Waals surface area contributed by atoms with E-state index in [9.17, 15) is 26.4 Å². The first-order valence-corrected chi connectivity index (χ1v) is 10.00. The molecule has 0 aliphatic heterocycles. The molecule has 0 bridgehead atoms. The highest BCUT2D eigenvalue weighted by Crippen LogP contribution is 2.35. The van der Waals surface area contributed by atoms with Crippen molar-refractivity contribution < 1.29 is 31.1 Å². The van der Waals surface area contributed by atoms with E-state index in [0.717, 1.165) is 7.11 Å². The van der Waals surface area contributed by atoms with Crippen LogP contribution in [0.4, 0.5) is 18.9 Å². The van der Waals surface area contributed by atoms with E-state index in [2.05, 4.69) is 19.8 Å². The molecule has 1 aromatic carbocycles. The second-order valence-corrected chi connectivity index (χ2v) is 8.13. The number of ether oxygens (including phenoxy) is 1. The number of anilines is 1. The molecule has 0 aliphatic carbocycles. The molecule has 3 rings (SSSR count). The van der Waals surface area contributed by atoms with Gasteiger partial charge in [0, 0.05) is 5.69 Å². The number of methoxy groups -OCH3 is 1. The summed E-state index contributed by atoms with van der Waals surface area (Å²) in [6.07, 6.45) is -4.84. The number of nitrogens with one attached hydrogen (secondary N) is 1. The molecule has 30 heavy (non-hydrogen) atoms. The van der Waals surface area contributed by atoms with Gasteiger partial charge in [-0.05, 0) is 25.1 Å². The normalized spacial score (nSPS) is 12.2. The summed E-state index contributed by atoms with van der Waals surface area (Å²) in [5, 5.41) is 1.83. The first-order chi connectivity index (χ1) is 13.8. The number of hydrogen-bond acceptors (Lipinski definition) is 7. The van der Waals surface area contributed by atoms with Gasteiger partial charge in [0.2, 0.25) is 0 Å². The Morgan fingerprint density at radius 3 is 2.50 bits per heavy atom. The summed E-state index contributed by atoms with van der Waals surface area (Å²) >= 11 is 12.0. The van der Waals surface area contributed by atoms with Crippen LogP contribution in [0, 0.1) is 6.92 Å². The molecule has 160 valence electrons. The number of esters is 1. The van der Waals surface area contributed by atoms with E-state index in [0.29, 0.717) is 6.07 Å². The van der Waals surface area contributed by atoms with Crippen molar-refractivity contribution in [1.82, 2.24) is 19.6 Å². The van der Waals surface area contributed by atoms with E-state index in [-0.39, 0.29) is 25.8 Å². The van der Waals surface area contributed by atoms with Crippen LogP contribution < -0.4 is 4.72 Å². The van der Waals surface area contributed by atoms with E-state index in [4.69, 9.17) is 23.2 Å². The number of hydrogen-bond donors (Lipinski definition) is 1. The third-order valence-electron chi connectivity index (χ3n) is 3.68. The molecule has 0 aliphatic rings. The van der Waals surface area contributed by atoms with Gasteiger partial charge in [-0.1, -0.05) is 23.2 Å². The van der Waals surface area contributed by atoms with Crippen molar-refractivity contribution in [3.05, 3.63) is 45.2 Å². The zero-order valence-corrected chi connectivity index (χ0v) is 17.3. The van der Waals surface area contributed by atoms with Gasteiger partial charge >= 0.3 is 12.1 Å². The number of alkyl halides is 3. The van der Waals surface area contributed by atoms with E-state index in [1.807, 2.05) is 4.72 Å². The number of sulfonamides is 1. The molecule has 1 N–H and O–H groups in total. The Hall–Kier alpha value is -2.64. The maximum absolute atomic E-state index is 13.2. The van der Waals surface area contributed by atoms with Crippen molar-refractivity contribution in [2.45, 2.75) is 18.3 Å². The summed E-state index contributed by atoms with van der Waals surface area (Å²) in [5.74, 6) is -1.44. The van der Waals surface area contributed by atoms with Gasteiger partial charge in [-0.25, -0.2) is 9.78 Å². The van der Waals surface area contributed by atoms with Crippen molar-refractivity contribution >= 4 is 50.7 Å². The highest BCUT2D eigenvalue weighted by Gasteiger charge is 2.36. The summed E-state index contributed by atoms with van der Waals surface area (Å²) in [7, 11) is -3.58. The molecule has 0 unspecified atom stereocenters. The van der Waals surface area contributed by atoms with Crippen molar-refractivity contribution in [3.63, 3.8) is 0 Å².